The van der Waals surface area contributed by atoms with Crippen LogP contribution in [0.5, 0.6) is 5.75 Å². The second kappa shape index (κ2) is 8.94. The Hall–Kier alpha value is -2.49. The first-order chi connectivity index (χ1) is 13.1. The highest BCUT2D eigenvalue weighted by molar-refractivity contribution is 5.83. The summed E-state index contributed by atoms with van der Waals surface area (Å²) in [6.07, 6.45) is 1.39. The third-order valence-electron chi connectivity index (χ3n) is 4.85. The highest BCUT2D eigenvalue weighted by atomic mass is 19.3. The highest BCUT2D eigenvalue weighted by Gasteiger charge is 2.24. The van der Waals surface area contributed by atoms with E-state index in [2.05, 4.69) is 11.7 Å². The van der Waals surface area contributed by atoms with Crippen LogP contribution in [-0.4, -0.2) is 6.61 Å². The summed E-state index contributed by atoms with van der Waals surface area (Å²) in [5, 5.41) is 2.08. The van der Waals surface area contributed by atoms with Crippen molar-refractivity contribution in [2.45, 2.75) is 44.9 Å². The van der Waals surface area contributed by atoms with E-state index >= 15 is 4.39 Å². The maximum Gasteiger partial charge on any atom is 0.387 e. The van der Waals surface area contributed by atoms with Gasteiger partial charge in [-0.25, -0.2) is 4.39 Å². The van der Waals surface area contributed by atoms with Crippen LogP contribution < -0.4 is 4.74 Å². The molecule has 0 heterocycles. The largest absolute Gasteiger partial charge is 0.435 e. The maximum atomic E-state index is 15.5. The number of ether oxygens (including phenoxy) is 1. The minimum Gasteiger partial charge on any atom is -0.435 e. The monoisotopic (exact) mass is 372 g/mol. The summed E-state index contributed by atoms with van der Waals surface area (Å²) in [5.74, 6) is -0.240. The predicted molar refractivity (Wildman–Crippen MR) is 103 cm³/mol. The SMILES string of the molecule is CCCCC(c1ccc(OC(F)F)cc1)C(F)c1ccc2ccccc2c1. The summed E-state index contributed by atoms with van der Waals surface area (Å²) in [6.45, 7) is -0.793. The maximum absolute atomic E-state index is 15.5. The fourth-order valence-electron chi connectivity index (χ4n) is 3.41. The number of halogens is 3. The summed E-state index contributed by atoms with van der Waals surface area (Å²) in [4.78, 5) is 0. The minimum absolute atomic E-state index is 0.0871. The zero-order valence-corrected chi connectivity index (χ0v) is 15.2. The summed E-state index contributed by atoms with van der Waals surface area (Å²) in [5.41, 5.74) is 1.44. The molecule has 1 nitrogen and oxygen atoms in total. The van der Waals surface area contributed by atoms with E-state index in [0.717, 1.165) is 29.2 Å². The van der Waals surface area contributed by atoms with Crippen LogP contribution in [0.15, 0.2) is 66.7 Å². The molecule has 142 valence electrons. The summed E-state index contributed by atoms with van der Waals surface area (Å²) in [7, 11) is 0. The molecule has 4 heteroatoms. The van der Waals surface area contributed by atoms with E-state index in [1.807, 2.05) is 42.5 Å². The predicted octanol–water partition coefficient (Wildman–Crippen LogP) is 7.43. The van der Waals surface area contributed by atoms with Gasteiger partial charge >= 0.3 is 6.61 Å². The lowest BCUT2D eigenvalue weighted by atomic mass is 9.85. The first kappa shape index (κ1) is 19.3. The van der Waals surface area contributed by atoms with Gasteiger partial charge in [0.05, 0.1) is 0 Å². The molecular weight excluding hydrogens is 349 g/mol. The lowest BCUT2D eigenvalue weighted by Gasteiger charge is -2.22. The third-order valence-corrected chi connectivity index (χ3v) is 4.85. The molecule has 0 spiro atoms. The number of unbranched alkanes of at least 4 members (excludes halogenated alkanes) is 1. The van der Waals surface area contributed by atoms with E-state index in [1.54, 1.807) is 12.1 Å². The van der Waals surface area contributed by atoms with Crippen molar-refractivity contribution < 1.29 is 17.9 Å². The first-order valence-corrected chi connectivity index (χ1v) is 9.26. The first-order valence-electron chi connectivity index (χ1n) is 9.26. The minimum atomic E-state index is -2.86. The Morgan fingerprint density at radius 3 is 2.15 bits per heavy atom. The van der Waals surface area contributed by atoms with Crippen molar-refractivity contribution in [1.29, 1.82) is 0 Å². The lowest BCUT2D eigenvalue weighted by molar-refractivity contribution is -0.0498. The van der Waals surface area contributed by atoms with E-state index < -0.39 is 12.8 Å². The molecule has 0 aliphatic heterocycles. The Morgan fingerprint density at radius 1 is 0.815 bits per heavy atom. The molecule has 0 bridgehead atoms. The van der Waals surface area contributed by atoms with Gasteiger partial charge in [-0.1, -0.05) is 68.3 Å². The van der Waals surface area contributed by atoms with Gasteiger partial charge in [0.1, 0.15) is 11.9 Å². The van der Waals surface area contributed by atoms with E-state index in [1.165, 1.54) is 12.1 Å². The fraction of sp³-hybridized carbons (Fsp3) is 0.304. The molecule has 2 atom stereocenters. The van der Waals surface area contributed by atoms with Crippen molar-refractivity contribution in [2.75, 3.05) is 0 Å². The summed E-state index contributed by atoms with van der Waals surface area (Å²) < 4.78 is 44.6. The third kappa shape index (κ3) is 4.82. The zero-order chi connectivity index (χ0) is 19.2. The van der Waals surface area contributed by atoms with Crippen molar-refractivity contribution in [2.24, 2.45) is 0 Å². The molecule has 0 aromatic heterocycles. The number of alkyl halides is 3. The zero-order valence-electron chi connectivity index (χ0n) is 15.2. The van der Waals surface area contributed by atoms with E-state index in [0.29, 0.717) is 12.0 Å². The Labute approximate surface area is 157 Å². The van der Waals surface area contributed by atoms with Gasteiger partial charge in [0.25, 0.3) is 0 Å². The van der Waals surface area contributed by atoms with Gasteiger partial charge in [-0.3, -0.25) is 0 Å². The van der Waals surface area contributed by atoms with E-state index in [9.17, 15) is 8.78 Å². The van der Waals surface area contributed by atoms with Crippen molar-refractivity contribution in [3.8, 4) is 5.75 Å². The normalized spacial score (nSPS) is 13.7. The Kier molecular flexibility index (Phi) is 6.38. The average molecular weight is 372 g/mol. The van der Waals surface area contributed by atoms with Crippen LogP contribution in [0.2, 0.25) is 0 Å². The van der Waals surface area contributed by atoms with Crippen LogP contribution in [0.25, 0.3) is 10.8 Å². The number of fused-ring (bicyclic) bond motifs is 1. The molecule has 27 heavy (non-hydrogen) atoms. The Balaban J connectivity index is 1.88. The van der Waals surface area contributed by atoms with Crippen molar-refractivity contribution >= 4 is 10.8 Å². The van der Waals surface area contributed by atoms with Crippen molar-refractivity contribution in [3.63, 3.8) is 0 Å². The average Bonchev–Trinajstić information content (AvgIpc) is 2.68. The molecular formula is C23H23F3O. The fourth-order valence-corrected chi connectivity index (χ4v) is 3.41. The number of rotatable bonds is 8. The molecule has 0 saturated carbocycles. The van der Waals surface area contributed by atoms with E-state index in [-0.39, 0.29) is 11.7 Å². The Bertz CT molecular complexity index is 861. The summed E-state index contributed by atoms with van der Waals surface area (Å²) >= 11 is 0. The number of hydrogen-bond acceptors (Lipinski definition) is 1. The highest BCUT2D eigenvalue weighted by Crippen LogP contribution is 2.39. The Morgan fingerprint density at radius 2 is 1.48 bits per heavy atom. The second-order valence-corrected chi connectivity index (χ2v) is 6.70. The topological polar surface area (TPSA) is 9.23 Å². The molecule has 0 N–H and O–H groups in total. The molecule has 0 radical (unpaired) electrons. The molecule has 0 aliphatic rings. The number of hydrogen-bond donors (Lipinski definition) is 0. The van der Waals surface area contributed by atoms with Gasteiger partial charge in [-0.05, 0) is 46.5 Å². The summed E-state index contributed by atoms with van der Waals surface area (Å²) in [6, 6.07) is 19.9. The van der Waals surface area contributed by atoms with Crippen molar-refractivity contribution in [1.82, 2.24) is 0 Å². The standard InChI is InChI=1S/C23H23F3O/c1-2-3-8-21(17-11-13-20(14-12-17)27-23(25)26)22(24)19-10-9-16-6-4-5-7-18(16)15-19/h4-7,9-15,21-23H,2-3,8H2,1H3. The number of benzene rings is 3. The van der Waals surface area contributed by atoms with Gasteiger partial charge in [-0.2, -0.15) is 8.78 Å². The van der Waals surface area contributed by atoms with Crippen LogP contribution in [0.4, 0.5) is 13.2 Å². The molecule has 3 rings (SSSR count). The van der Waals surface area contributed by atoms with Crippen LogP contribution in [0.3, 0.4) is 0 Å². The van der Waals surface area contributed by atoms with Gasteiger partial charge in [0, 0.05) is 5.92 Å². The van der Waals surface area contributed by atoms with Crippen LogP contribution in [-0.2, 0) is 0 Å². The van der Waals surface area contributed by atoms with Gasteiger partial charge in [-0.15, -0.1) is 0 Å². The molecule has 3 aromatic rings. The molecule has 3 aromatic carbocycles. The molecule has 0 saturated heterocycles. The molecule has 2 unspecified atom stereocenters. The van der Waals surface area contributed by atoms with Crippen LogP contribution in [0.1, 0.15) is 49.4 Å². The van der Waals surface area contributed by atoms with Gasteiger partial charge in [0.15, 0.2) is 0 Å². The molecule has 0 amide bonds. The molecule has 0 aliphatic carbocycles. The smallest absolute Gasteiger partial charge is 0.387 e. The lowest BCUT2D eigenvalue weighted by Crippen LogP contribution is -2.08. The molecule has 0 fully saturated rings. The second-order valence-electron chi connectivity index (χ2n) is 6.70. The van der Waals surface area contributed by atoms with Crippen molar-refractivity contribution in [3.05, 3.63) is 77.9 Å². The van der Waals surface area contributed by atoms with E-state index in [4.69, 9.17) is 0 Å². The van der Waals surface area contributed by atoms with Crippen LogP contribution >= 0.6 is 0 Å². The van der Waals surface area contributed by atoms with Gasteiger partial charge in [0.2, 0.25) is 0 Å². The van der Waals surface area contributed by atoms with Crippen LogP contribution in [0, 0.1) is 0 Å². The quantitative estimate of drug-likeness (QED) is 0.399. The van der Waals surface area contributed by atoms with Gasteiger partial charge < -0.3 is 4.74 Å².